The highest BCUT2D eigenvalue weighted by Crippen LogP contribution is 2.55. The molecule has 46 heavy (non-hydrogen) atoms. The number of aromatic hydroxyl groups is 2. The van der Waals surface area contributed by atoms with Gasteiger partial charge in [0.2, 0.25) is 0 Å². The number of benzene rings is 2. The minimum Gasteiger partial charge on any atom is -0.508 e. The van der Waals surface area contributed by atoms with Crippen molar-refractivity contribution in [1.82, 2.24) is 0 Å². The number of rotatable bonds is 16. The number of carbonyl (C=O) groups is 1. The van der Waals surface area contributed by atoms with Crippen molar-refractivity contribution in [1.29, 1.82) is 0 Å². The number of carboxylic acid groups (broad SMARTS) is 1. The Morgan fingerprint density at radius 2 is 1.39 bits per heavy atom. The zero-order valence-corrected chi connectivity index (χ0v) is 25.9. The Labute approximate surface area is 265 Å². The molecule has 0 saturated carbocycles. The molecule has 1 aliphatic rings. The monoisotopic (exact) mass is 688 g/mol. The maximum atomic E-state index is 13.9. The van der Waals surface area contributed by atoms with Crippen LogP contribution in [0, 0.1) is 5.92 Å². The number of aliphatic carboxylic acids is 1. The molecule has 0 spiro atoms. The van der Waals surface area contributed by atoms with Gasteiger partial charge in [0.25, 0.3) is 0 Å². The number of halogens is 9. The zero-order valence-electron chi connectivity index (χ0n) is 25.0. The molecule has 3 rings (SSSR count). The van der Waals surface area contributed by atoms with Crippen LogP contribution in [0.3, 0.4) is 0 Å². The van der Waals surface area contributed by atoms with Gasteiger partial charge in [-0.15, -0.1) is 11.8 Å². The van der Waals surface area contributed by atoms with Gasteiger partial charge in [-0.2, -0.15) is 39.5 Å². The van der Waals surface area contributed by atoms with E-state index in [2.05, 4.69) is 6.92 Å². The van der Waals surface area contributed by atoms with Gasteiger partial charge in [0.05, 0.1) is 5.92 Å². The average molecular weight is 689 g/mol. The third kappa shape index (κ3) is 8.20. The summed E-state index contributed by atoms with van der Waals surface area (Å²) in [4.78, 5) is 12.5. The van der Waals surface area contributed by atoms with Crippen molar-refractivity contribution >= 4 is 17.7 Å². The molecule has 1 unspecified atom stereocenters. The summed E-state index contributed by atoms with van der Waals surface area (Å²) in [6, 6.07) is 12.4. The van der Waals surface area contributed by atoms with E-state index in [0.717, 1.165) is 47.5 Å². The van der Waals surface area contributed by atoms with Crippen LogP contribution in [0.4, 0.5) is 39.5 Å². The molecular formula is C32H37F9O4S. The van der Waals surface area contributed by atoms with E-state index < -0.39 is 48.7 Å². The highest BCUT2D eigenvalue weighted by molar-refractivity contribution is 7.99. The molecule has 2 aromatic carbocycles. The molecule has 0 radical (unpaired) electrons. The molecule has 1 aliphatic heterocycles. The Kier molecular flexibility index (Phi) is 11.9. The number of hydrogen-bond acceptors (Lipinski definition) is 4. The normalized spacial score (nSPS) is 19.9. The van der Waals surface area contributed by atoms with Crippen molar-refractivity contribution in [2.24, 2.45) is 5.92 Å². The fourth-order valence-corrected chi connectivity index (χ4v) is 7.37. The molecule has 14 heteroatoms. The predicted molar refractivity (Wildman–Crippen MR) is 155 cm³/mol. The van der Waals surface area contributed by atoms with E-state index >= 15 is 0 Å². The largest absolute Gasteiger partial charge is 0.508 e. The van der Waals surface area contributed by atoms with Crippen LogP contribution in [0.15, 0.2) is 47.4 Å². The van der Waals surface area contributed by atoms with Crippen LogP contribution in [0.1, 0.15) is 88.2 Å². The number of carboxylic acids is 1. The predicted octanol–water partition coefficient (Wildman–Crippen LogP) is 10.3. The van der Waals surface area contributed by atoms with Gasteiger partial charge in [-0.25, -0.2) is 0 Å². The number of hydrogen-bond donors (Lipinski definition) is 3. The van der Waals surface area contributed by atoms with E-state index in [0.29, 0.717) is 12.8 Å². The third-order valence-electron chi connectivity index (χ3n) is 8.86. The van der Waals surface area contributed by atoms with Crippen molar-refractivity contribution in [3.8, 4) is 11.5 Å². The van der Waals surface area contributed by atoms with Gasteiger partial charge in [-0.1, -0.05) is 63.6 Å². The summed E-state index contributed by atoms with van der Waals surface area (Å²) in [6.45, 7) is 2.17. The van der Waals surface area contributed by atoms with Gasteiger partial charge < -0.3 is 15.3 Å². The van der Waals surface area contributed by atoms with Crippen LogP contribution >= 0.6 is 11.8 Å². The highest BCUT2D eigenvalue weighted by Gasteiger charge is 2.81. The van der Waals surface area contributed by atoms with Crippen molar-refractivity contribution in [2.75, 3.05) is 5.75 Å². The summed E-state index contributed by atoms with van der Waals surface area (Å²) in [5.74, 6) is -21.5. The van der Waals surface area contributed by atoms with Gasteiger partial charge in [0.15, 0.2) is 0 Å². The van der Waals surface area contributed by atoms with Crippen molar-refractivity contribution in [2.45, 2.75) is 111 Å². The van der Waals surface area contributed by atoms with Crippen molar-refractivity contribution in [3.05, 3.63) is 53.6 Å². The molecule has 4 nitrogen and oxygen atoms in total. The van der Waals surface area contributed by atoms with Gasteiger partial charge in [-0.3, -0.25) is 4.79 Å². The number of unbranched alkanes of at least 4 members (excludes halogenated alkanes) is 5. The van der Waals surface area contributed by atoms with E-state index in [1.165, 1.54) is 0 Å². The Hall–Kier alpha value is -2.77. The first kappa shape index (κ1) is 37.7. The molecule has 0 aliphatic carbocycles. The van der Waals surface area contributed by atoms with Crippen LogP contribution in [0.2, 0.25) is 0 Å². The second-order valence-electron chi connectivity index (χ2n) is 12.2. The zero-order chi connectivity index (χ0) is 34.6. The highest BCUT2D eigenvalue weighted by atomic mass is 32.2. The molecule has 3 atom stereocenters. The lowest BCUT2D eigenvalue weighted by Gasteiger charge is -2.43. The Bertz CT molecular complexity index is 1320. The fourth-order valence-electron chi connectivity index (χ4n) is 5.97. The molecule has 1 heterocycles. The minimum atomic E-state index is -6.99. The molecule has 258 valence electrons. The van der Waals surface area contributed by atoms with Crippen molar-refractivity contribution in [3.63, 3.8) is 0 Å². The SMILES string of the molecule is C[C@@]1(c2ccc(O)cc2)CSc2cc(O)ccc2[C@@H]1CCCCCCCCC(CCC(F)(F)C(F)(F)C(F)(F)C(F)(F)F)C(=O)O. The first-order valence-corrected chi connectivity index (χ1v) is 15.9. The van der Waals surface area contributed by atoms with Crippen LogP contribution in [-0.2, 0) is 10.2 Å². The second kappa shape index (κ2) is 14.6. The molecule has 0 aromatic heterocycles. The summed E-state index contributed by atoms with van der Waals surface area (Å²) in [5.41, 5.74) is 1.94. The Morgan fingerprint density at radius 1 is 0.826 bits per heavy atom. The van der Waals surface area contributed by atoms with Gasteiger partial charge in [0.1, 0.15) is 11.5 Å². The van der Waals surface area contributed by atoms with Gasteiger partial charge in [-0.05, 0) is 60.6 Å². The van der Waals surface area contributed by atoms with Gasteiger partial charge in [0, 0.05) is 22.5 Å². The van der Waals surface area contributed by atoms with Gasteiger partial charge >= 0.3 is 29.9 Å². The first-order chi connectivity index (χ1) is 21.2. The summed E-state index contributed by atoms with van der Waals surface area (Å²) in [5, 5.41) is 29.1. The maximum absolute atomic E-state index is 13.9. The molecule has 0 fully saturated rings. The van der Waals surface area contributed by atoms with Crippen LogP contribution < -0.4 is 0 Å². The van der Waals surface area contributed by atoms with E-state index in [4.69, 9.17) is 0 Å². The number of fused-ring (bicyclic) bond motifs is 1. The molecule has 0 amide bonds. The standard InChI is InChI=1S/C32H37F9O4S/c1-28(21-10-12-22(42)13-11-21)19-46-26-18-23(43)14-15-24(26)25(28)9-7-5-3-2-4-6-8-20(27(44)45)16-17-29(33,34)30(35,36)31(37,38)32(39,40)41/h10-15,18,20,25,42-43H,2-9,16-17,19H2,1H3,(H,44,45)/t20?,25-,28-/m0/s1. The Balaban J connectivity index is 1.49. The number of thioether (sulfide) groups is 1. The van der Waals surface area contributed by atoms with Crippen LogP contribution in [0.5, 0.6) is 11.5 Å². The lowest BCUT2D eigenvalue weighted by atomic mass is 9.68. The molecule has 3 N–H and O–H groups in total. The third-order valence-corrected chi connectivity index (χ3v) is 10.3. The topological polar surface area (TPSA) is 77.8 Å². The van der Waals surface area contributed by atoms with Crippen LogP contribution in [-0.4, -0.2) is 51.0 Å². The van der Waals surface area contributed by atoms with E-state index in [-0.39, 0.29) is 35.7 Å². The molecule has 0 saturated heterocycles. The summed E-state index contributed by atoms with van der Waals surface area (Å²) in [6.07, 6.45) is -5.88. The Morgan fingerprint density at radius 3 is 1.98 bits per heavy atom. The number of phenols is 2. The second-order valence-corrected chi connectivity index (χ2v) is 13.2. The van der Waals surface area contributed by atoms with E-state index in [9.17, 15) is 59.6 Å². The minimum absolute atomic E-state index is 0.117. The first-order valence-electron chi connectivity index (χ1n) is 14.9. The number of alkyl halides is 9. The molecule has 0 bridgehead atoms. The molecule has 2 aromatic rings. The summed E-state index contributed by atoms with van der Waals surface area (Å²) in [7, 11) is 0. The maximum Gasteiger partial charge on any atom is 0.460 e. The number of phenolic OH excluding ortho intramolecular Hbond substituents is 2. The summed E-state index contributed by atoms with van der Waals surface area (Å²) >= 11 is 1.66. The smallest absolute Gasteiger partial charge is 0.460 e. The average Bonchev–Trinajstić information content (AvgIpc) is 2.96. The van der Waals surface area contributed by atoms with E-state index in [1.54, 1.807) is 36.0 Å². The van der Waals surface area contributed by atoms with E-state index in [1.807, 2.05) is 18.2 Å². The molecular weight excluding hydrogens is 651 g/mol. The quantitative estimate of drug-likeness (QED) is 0.121. The fraction of sp³-hybridized carbons (Fsp3) is 0.594. The lowest BCUT2D eigenvalue weighted by Crippen LogP contribution is -2.60. The van der Waals surface area contributed by atoms with Crippen molar-refractivity contribution < 1.29 is 59.6 Å². The van der Waals surface area contributed by atoms with Crippen LogP contribution in [0.25, 0.3) is 0 Å². The summed E-state index contributed by atoms with van der Waals surface area (Å²) < 4.78 is 118. The lowest BCUT2D eigenvalue weighted by molar-refractivity contribution is -0.396.